The number of carbonyl (C=O) groups is 1. The molecule has 12 nitrogen and oxygen atoms in total. The van der Waals surface area contributed by atoms with Gasteiger partial charge in [0.1, 0.15) is 0 Å². The Bertz CT molecular complexity index is 4020. The zero-order valence-corrected chi connectivity index (χ0v) is 44.6. The van der Waals surface area contributed by atoms with Gasteiger partial charge in [-0.05, 0) is 181 Å². The van der Waals surface area contributed by atoms with Crippen LogP contribution in [0, 0.1) is 201 Å². The smallest absolute Gasteiger partial charge is 0.416 e. The molecule has 12 heteroatoms. The first-order chi connectivity index (χ1) is 39.6. The van der Waals surface area contributed by atoms with Gasteiger partial charge in [0.25, 0.3) is 12.8 Å². The Morgan fingerprint density at radius 1 is 0.420 bits per heavy atom. The van der Waals surface area contributed by atoms with Crippen molar-refractivity contribution < 1.29 is 43.4 Å². The van der Waals surface area contributed by atoms with E-state index in [0.29, 0.717) is 0 Å². The zero-order valence-electron chi connectivity index (χ0n) is 44.6. The quantitative estimate of drug-likeness (QED) is 0.0913. The van der Waals surface area contributed by atoms with E-state index in [-0.39, 0.29) is 34.5 Å². The number of aliphatic hydroxyl groups excluding tert-OH is 2. The third kappa shape index (κ3) is 26.5. The molecule has 0 spiro atoms. The van der Waals surface area contributed by atoms with Crippen LogP contribution in [0.3, 0.4) is 0 Å². The van der Waals surface area contributed by atoms with Crippen molar-refractivity contribution in [2.75, 3.05) is 21.3 Å². The highest BCUT2D eigenvalue weighted by molar-refractivity contribution is 5.73. The van der Waals surface area contributed by atoms with Crippen molar-refractivity contribution in [1.29, 1.82) is 0 Å². The first-order valence-corrected chi connectivity index (χ1v) is 23.2. The van der Waals surface area contributed by atoms with E-state index in [2.05, 4.69) is 217 Å². The van der Waals surface area contributed by atoms with Crippen molar-refractivity contribution in [3.05, 3.63) is 89.5 Å². The van der Waals surface area contributed by atoms with Crippen molar-refractivity contribution in [3.63, 3.8) is 0 Å². The van der Waals surface area contributed by atoms with Crippen molar-refractivity contribution in [2.45, 2.75) is 46.3 Å². The molecule has 0 saturated heterocycles. The number of ether oxygens (including phenoxy) is 6. The second kappa shape index (κ2) is 39.0. The third-order valence-corrected chi connectivity index (χ3v) is 8.60. The Hall–Kier alpha value is -12.5. The molecule has 3 aromatic rings. The van der Waals surface area contributed by atoms with E-state index in [0.717, 1.165) is 16.7 Å². The molecule has 0 aliphatic rings. The van der Waals surface area contributed by atoms with Gasteiger partial charge in [-0.1, -0.05) is 60.6 Å². The summed E-state index contributed by atoms with van der Waals surface area (Å²) in [6, 6.07) is 14.8. The number of methoxy groups -OCH3 is 3. The van der Waals surface area contributed by atoms with Crippen LogP contribution in [-0.2, 0) is 0 Å². The third-order valence-electron chi connectivity index (χ3n) is 8.60. The molecule has 0 aliphatic carbocycles. The lowest BCUT2D eigenvalue weighted by Crippen LogP contribution is -2.72. The predicted molar refractivity (Wildman–Crippen MR) is 312 cm³/mol. The summed E-state index contributed by atoms with van der Waals surface area (Å²) in [6.45, 7) is 7.24. The summed E-state index contributed by atoms with van der Waals surface area (Å²) < 4.78 is 33.8. The fourth-order valence-electron chi connectivity index (χ4n) is 5.51. The number of hydrogen-bond donors (Lipinski definition) is 5. The zero-order chi connectivity index (χ0) is 58.4. The SMILES string of the molecule is CC#CC#CC#CC#CC#CC#CC#CC#CC#CC#CC#CC#CC#CC#CC#CC#CC#CC(NC(=O)Oc1ccc(/C=C/C)cc1OC)(NC(O)Oc1ccc(/C=C/C)cc1OC)NC(O)Oc1ccc(/C=C/C)cc1OC. The lowest BCUT2D eigenvalue weighted by atomic mass is 10.2. The standard InChI is InChI=1S/C69H43N3O9/c1-8-12-13-14-15-16-17-18-19-20-21-22-23-24-25-26-27-28-29-30-31-32-33-34-35-36-37-38-39-40-41-42-43-53-69(70-66(73)79-60-50-47-57(44-9-2)54-63(60)76-5,71-67(74)80-61-51-48-58(45-10-3)55-64(61)77-6)72-68(75)81-62-52-49-59(46-11-4)56-65(62)78-7/h9-11,44-52,54-56,66-67,70-71,73-74H,1-7H3,(H,72,75)/b44-9+,45-10+,46-11+. The first-order valence-electron chi connectivity index (χ1n) is 23.2. The van der Waals surface area contributed by atoms with E-state index in [1.54, 1.807) is 55.5 Å². The van der Waals surface area contributed by atoms with Gasteiger partial charge in [-0.25, -0.2) is 15.4 Å². The van der Waals surface area contributed by atoms with E-state index in [1.807, 2.05) is 57.2 Å². The lowest BCUT2D eigenvalue weighted by Gasteiger charge is -2.34. The van der Waals surface area contributed by atoms with Crippen LogP contribution in [0.25, 0.3) is 18.2 Å². The molecule has 5 N–H and O–H groups in total. The Morgan fingerprint density at radius 2 is 0.691 bits per heavy atom. The minimum atomic E-state index is -2.40. The van der Waals surface area contributed by atoms with Crippen LogP contribution in [0.5, 0.6) is 34.5 Å². The second-order valence-electron chi connectivity index (χ2n) is 14.1. The predicted octanol–water partition coefficient (Wildman–Crippen LogP) is 5.52. The van der Waals surface area contributed by atoms with Crippen LogP contribution < -0.4 is 44.4 Å². The molecule has 3 rings (SSSR count). The number of benzene rings is 3. The van der Waals surface area contributed by atoms with Crippen molar-refractivity contribution >= 4 is 24.3 Å². The van der Waals surface area contributed by atoms with Crippen LogP contribution >= 0.6 is 0 Å². The minimum Gasteiger partial charge on any atom is -0.493 e. The van der Waals surface area contributed by atoms with Gasteiger partial charge in [0.05, 0.1) is 21.3 Å². The highest BCUT2D eigenvalue weighted by Crippen LogP contribution is 2.31. The number of hydrogen-bond acceptors (Lipinski definition) is 11. The largest absolute Gasteiger partial charge is 0.493 e. The number of rotatable bonds is 16. The number of aliphatic hydroxyl groups is 2. The van der Waals surface area contributed by atoms with E-state index in [9.17, 15) is 15.0 Å². The van der Waals surface area contributed by atoms with Crippen molar-refractivity contribution in [1.82, 2.24) is 16.0 Å². The van der Waals surface area contributed by atoms with E-state index in [4.69, 9.17) is 28.4 Å². The Labute approximate surface area is 474 Å². The highest BCUT2D eigenvalue weighted by atomic mass is 16.6. The van der Waals surface area contributed by atoms with Crippen LogP contribution in [-0.4, -0.2) is 56.3 Å². The van der Waals surface area contributed by atoms with Gasteiger partial charge in [-0.3, -0.25) is 5.32 Å². The molecule has 1 amide bonds. The van der Waals surface area contributed by atoms with Crippen LogP contribution in [0.4, 0.5) is 4.79 Å². The summed E-state index contributed by atoms with van der Waals surface area (Å²) in [6.07, 6.45) is 5.84. The molecular formula is C69H43N3O9. The van der Waals surface area contributed by atoms with Gasteiger partial charge in [-0.2, -0.15) is 0 Å². The fourth-order valence-corrected chi connectivity index (χ4v) is 5.51. The van der Waals surface area contributed by atoms with Gasteiger partial charge in [-0.15, -0.1) is 0 Å². The Morgan fingerprint density at radius 3 is 0.975 bits per heavy atom. The number of amides is 1. The minimum absolute atomic E-state index is 0.00970. The molecular weight excluding hydrogens is 1010 g/mol. The fraction of sp³-hybridized carbons (Fsp3) is 0.145. The second-order valence-corrected chi connectivity index (χ2v) is 14.1. The average Bonchev–Trinajstić information content (AvgIpc) is 3.48. The molecule has 81 heavy (non-hydrogen) atoms. The Balaban J connectivity index is 1.87. The number of allylic oxidation sites excluding steroid dienone is 3. The maximum atomic E-state index is 13.9. The molecule has 0 heterocycles. The average molecular weight is 1060 g/mol. The molecule has 0 aliphatic heterocycles. The van der Waals surface area contributed by atoms with E-state index in [1.165, 1.54) is 27.4 Å². The summed E-state index contributed by atoms with van der Waals surface area (Å²) in [5, 5.41) is 30.7. The van der Waals surface area contributed by atoms with Gasteiger partial charge in [0.2, 0.25) is 5.79 Å². The molecule has 388 valence electrons. The van der Waals surface area contributed by atoms with Crippen LogP contribution in [0.2, 0.25) is 0 Å². The number of nitrogens with one attached hydrogen (secondary N) is 3. The van der Waals surface area contributed by atoms with E-state index < -0.39 is 24.7 Å². The summed E-state index contributed by atoms with van der Waals surface area (Å²) in [5.74, 6) is 84.2. The van der Waals surface area contributed by atoms with Crippen LogP contribution in [0.15, 0.2) is 72.8 Å². The summed E-state index contributed by atoms with van der Waals surface area (Å²) in [5.41, 5.74) is 2.34. The molecule has 0 bridgehead atoms. The highest BCUT2D eigenvalue weighted by Gasteiger charge is 2.37. The summed E-state index contributed by atoms with van der Waals surface area (Å²) in [4.78, 5) is 13.9. The summed E-state index contributed by atoms with van der Waals surface area (Å²) in [7, 11) is 4.25. The molecule has 0 saturated carbocycles. The number of carbonyl (C=O) groups excluding carboxylic acids is 1. The van der Waals surface area contributed by atoms with Gasteiger partial charge >= 0.3 is 6.09 Å². The van der Waals surface area contributed by atoms with Gasteiger partial charge in [0, 0.05) is 94.7 Å². The maximum Gasteiger partial charge on any atom is 0.416 e. The van der Waals surface area contributed by atoms with Crippen molar-refractivity contribution in [3.8, 4) is 236 Å². The van der Waals surface area contributed by atoms with Crippen molar-refractivity contribution in [2.24, 2.45) is 0 Å². The normalized spacial score (nSPS) is 9.84. The Kier molecular flexibility index (Phi) is 30.2. The first kappa shape index (κ1) is 62.8. The molecule has 3 aromatic carbocycles. The van der Waals surface area contributed by atoms with E-state index >= 15 is 0 Å². The molecule has 0 fully saturated rings. The lowest BCUT2D eigenvalue weighted by molar-refractivity contribution is -0.103. The summed E-state index contributed by atoms with van der Waals surface area (Å²) >= 11 is 0. The van der Waals surface area contributed by atoms with Gasteiger partial charge < -0.3 is 38.6 Å². The maximum absolute atomic E-state index is 13.9. The van der Waals surface area contributed by atoms with Gasteiger partial charge in [0.15, 0.2) is 34.5 Å². The molecule has 0 aromatic heterocycles. The molecule has 0 radical (unpaired) electrons. The topological polar surface area (TPSA) is 149 Å². The monoisotopic (exact) mass is 1060 g/mol. The molecule has 2 atom stereocenters. The molecule has 2 unspecified atom stereocenters. The van der Waals surface area contributed by atoms with Crippen LogP contribution in [0.1, 0.15) is 44.4 Å².